The lowest BCUT2D eigenvalue weighted by Crippen LogP contribution is -2.46. The number of benzene rings is 2. The maximum Gasteiger partial charge on any atom is 0.269 e. The third kappa shape index (κ3) is 5.89. The molecule has 0 radical (unpaired) electrons. The highest BCUT2D eigenvalue weighted by atomic mass is 32.2. The van der Waals surface area contributed by atoms with Crippen LogP contribution < -0.4 is 25.6 Å². The molecule has 8 nitrogen and oxygen atoms in total. The number of methoxy groups -OCH3 is 1. The summed E-state index contributed by atoms with van der Waals surface area (Å²) in [4.78, 5) is 12.3. The van der Waals surface area contributed by atoms with Gasteiger partial charge in [-0.25, -0.2) is 13.1 Å². The van der Waals surface area contributed by atoms with Crippen molar-refractivity contribution in [1.29, 1.82) is 0 Å². The van der Waals surface area contributed by atoms with E-state index in [9.17, 15) is 13.2 Å². The van der Waals surface area contributed by atoms with Crippen molar-refractivity contribution in [2.45, 2.75) is 30.3 Å². The molecule has 2 aromatic rings. The van der Waals surface area contributed by atoms with Crippen molar-refractivity contribution >= 4 is 33.3 Å². The summed E-state index contributed by atoms with van der Waals surface area (Å²) < 4.78 is 32.8. The minimum atomic E-state index is -3.78. The maximum atomic E-state index is 12.6. The van der Waals surface area contributed by atoms with Gasteiger partial charge >= 0.3 is 0 Å². The van der Waals surface area contributed by atoms with Gasteiger partial charge < -0.3 is 10.1 Å². The van der Waals surface area contributed by atoms with E-state index in [1.165, 1.54) is 25.3 Å². The van der Waals surface area contributed by atoms with Crippen molar-refractivity contribution in [3.05, 3.63) is 59.7 Å². The number of ether oxygens (including phenoxy) is 1. The van der Waals surface area contributed by atoms with Gasteiger partial charge in [0, 0.05) is 18.2 Å². The summed E-state index contributed by atoms with van der Waals surface area (Å²) >= 11 is 5.14. The topological polar surface area (TPSA) is 109 Å². The molecule has 29 heavy (non-hydrogen) atoms. The van der Waals surface area contributed by atoms with Crippen molar-refractivity contribution < 1.29 is 17.9 Å². The zero-order valence-electron chi connectivity index (χ0n) is 15.8. The highest BCUT2D eigenvalue weighted by Crippen LogP contribution is 2.28. The second-order valence-corrected chi connectivity index (χ2v) is 8.60. The van der Waals surface area contributed by atoms with Crippen molar-refractivity contribution in [2.75, 3.05) is 7.11 Å². The molecular formula is C19H22N4O4S2. The third-order valence-corrected chi connectivity index (χ3v) is 5.99. The molecule has 1 aliphatic carbocycles. The number of thiocarbonyl (C=S) groups is 1. The van der Waals surface area contributed by atoms with E-state index in [-0.39, 0.29) is 27.4 Å². The number of amides is 1. The van der Waals surface area contributed by atoms with Crippen molar-refractivity contribution in [2.24, 2.45) is 0 Å². The first-order chi connectivity index (χ1) is 13.9. The van der Waals surface area contributed by atoms with Crippen molar-refractivity contribution in [1.82, 2.24) is 20.9 Å². The van der Waals surface area contributed by atoms with Crippen LogP contribution in [0.1, 0.15) is 28.8 Å². The minimum Gasteiger partial charge on any atom is -0.495 e. The van der Waals surface area contributed by atoms with Gasteiger partial charge in [0.05, 0.1) is 7.11 Å². The molecule has 0 atom stereocenters. The van der Waals surface area contributed by atoms with Crippen LogP contribution in [0.2, 0.25) is 0 Å². The molecule has 3 rings (SSSR count). The second kappa shape index (κ2) is 9.21. The summed E-state index contributed by atoms with van der Waals surface area (Å²) in [6.45, 7) is 0.500. The molecule has 1 aliphatic rings. The predicted molar refractivity (Wildman–Crippen MR) is 113 cm³/mol. The van der Waals surface area contributed by atoms with Crippen molar-refractivity contribution in [3.8, 4) is 5.75 Å². The van der Waals surface area contributed by atoms with Gasteiger partial charge in [0.25, 0.3) is 5.91 Å². The molecule has 0 heterocycles. The Labute approximate surface area is 175 Å². The Balaban J connectivity index is 1.61. The Morgan fingerprint density at radius 3 is 2.52 bits per heavy atom. The van der Waals surface area contributed by atoms with Gasteiger partial charge in [-0.2, -0.15) is 0 Å². The van der Waals surface area contributed by atoms with Gasteiger partial charge in [-0.1, -0.05) is 30.3 Å². The monoisotopic (exact) mass is 434 g/mol. The Kier molecular flexibility index (Phi) is 6.68. The van der Waals surface area contributed by atoms with Crippen LogP contribution in [-0.4, -0.2) is 32.6 Å². The first-order valence-corrected chi connectivity index (χ1v) is 10.9. The lowest BCUT2D eigenvalue weighted by Gasteiger charge is -2.14. The van der Waals surface area contributed by atoms with E-state index in [0.717, 1.165) is 18.4 Å². The maximum absolute atomic E-state index is 12.6. The van der Waals surface area contributed by atoms with E-state index in [1.54, 1.807) is 0 Å². The summed E-state index contributed by atoms with van der Waals surface area (Å²) in [5, 5.41) is 3.20. The smallest absolute Gasteiger partial charge is 0.269 e. The van der Waals surface area contributed by atoms with Gasteiger partial charge in [0.1, 0.15) is 10.6 Å². The second-order valence-electron chi connectivity index (χ2n) is 6.51. The zero-order chi connectivity index (χ0) is 20.9. The van der Waals surface area contributed by atoms with Gasteiger partial charge in [0.15, 0.2) is 5.11 Å². The fraction of sp³-hybridized carbons (Fsp3) is 0.263. The van der Waals surface area contributed by atoms with Crippen LogP contribution in [0.15, 0.2) is 53.4 Å². The van der Waals surface area contributed by atoms with Crippen molar-refractivity contribution in [3.63, 3.8) is 0 Å². The predicted octanol–water partition coefficient (Wildman–Crippen LogP) is 1.44. The van der Waals surface area contributed by atoms with E-state index in [4.69, 9.17) is 17.0 Å². The molecule has 154 valence electrons. The Bertz CT molecular complexity index is 993. The van der Waals surface area contributed by atoms with Crippen LogP contribution in [-0.2, 0) is 16.6 Å². The Hall–Kier alpha value is -2.69. The third-order valence-electron chi connectivity index (χ3n) is 4.20. The number of sulfonamides is 1. The zero-order valence-corrected chi connectivity index (χ0v) is 17.4. The van der Waals surface area contributed by atoms with Crippen LogP contribution in [0, 0.1) is 0 Å². The van der Waals surface area contributed by atoms with Crippen LogP contribution in [0.25, 0.3) is 0 Å². The standard InChI is InChI=1S/C19H22N4O4S2/c1-27-16-10-7-14(11-17(16)29(25,26)23-15-8-9-15)18(24)21-22-19(28)20-12-13-5-3-2-4-6-13/h2-7,10-11,15,23H,8-9,12H2,1H3,(H,21,24)(H2,20,22,28). The number of nitrogens with one attached hydrogen (secondary N) is 4. The fourth-order valence-electron chi connectivity index (χ4n) is 2.52. The molecule has 0 aromatic heterocycles. The minimum absolute atomic E-state index is 0.0584. The number of hydrazine groups is 1. The van der Waals surface area contributed by atoms with Gasteiger partial charge in [0.2, 0.25) is 10.0 Å². The number of carbonyl (C=O) groups is 1. The molecule has 0 aliphatic heterocycles. The molecule has 0 spiro atoms. The normalized spacial score (nSPS) is 13.4. The number of rotatable bonds is 7. The van der Waals surface area contributed by atoms with E-state index in [1.807, 2.05) is 30.3 Å². The Morgan fingerprint density at radius 2 is 1.86 bits per heavy atom. The number of hydrogen-bond acceptors (Lipinski definition) is 5. The van der Waals surface area contributed by atoms with E-state index >= 15 is 0 Å². The van der Waals surface area contributed by atoms with Gasteiger partial charge in [-0.3, -0.25) is 15.6 Å². The lowest BCUT2D eigenvalue weighted by molar-refractivity contribution is 0.0943. The Morgan fingerprint density at radius 1 is 1.14 bits per heavy atom. The summed E-state index contributed by atoms with van der Waals surface area (Å²) in [6, 6.07) is 13.8. The fourth-order valence-corrected chi connectivity index (χ4v) is 4.14. The van der Waals surface area contributed by atoms with Gasteiger partial charge in [-0.05, 0) is 48.8 Å². The van der Waals surface area contributed by atoms with Crippen LogP contribution in [0.4, 0.5) is 0 Å². The molecular weight excluding hydrogens is 412 g/mol. The molecule has 4 N–H and O–H groups in total. The molecule has 0 saturated heterocycles. The molecule has 1 saturated carbocycles. The summed E-state index contributed by atoms with van der Waals surface area (Å²) in [6.07, 6.45) is 1.61. The molecule has 0 unspecified atom stereocenters. The van der Waals surface area contributed by atoms with E-state index in [2.05, 4.69) is 20.9 Å². The van der Waals surface area contributed by atoms with Crippen LogP contribution >= 0.6 is 12.2 Å². The molecule has 0 bridgehead atoms. The summed E-state index contributed by atoms with van der Waals surface area (Å²) in [5.41, 5.74) is 6.25. The van der Waals surface area contributed by atoms with E-state index < -0.39 is 15.9 Å². The highest BCUT2D eigenvalue weighted by Gasteiger charge is 2.30. The largest absolute Gasteiger partial charge is 0.495 e. The SMILES string of the molecule is COc1ccc(C(=O)NNC(=S)NCc2ccccc2)cc1S(=O)(=O)NC1CC1. The average Bonchev–Trinajstić information content (AvgIpc) is 3.54. The van der Waals surface area contributed by atoms with E-state index in [0.29, 0.717) is 6.54 Å². The summed E-state index contributed by atoms with van der Waals surface area (Å²) in [7, 11) is -2.40. The molecule has 1 amide bonds. The molecule has 1 fully saturated rings. The van der Waals surface area contributed by atoms with Gasteiger partial charge in [-0.15, -0.1) is 0 Å². The molecule has 10 heteroatoms. The first-order valence-electron chi connectivity index (χ1n) is 8.97. The number of hydrogen-bond donors (Lipinski definition) is 4. The van der Waals surface area contributed by atoms with Crippen LogP contribution in [0.3, 0.4) is 0 Å². The lowest BCUT2D eigenvalue weighted by atomic mass is 10.2. The average molecular weight is 435 g/mol. The number of carbonyl (C=O) groups excluding carboxylic acids is 1. The van der Waals surface area contributed by atoms with Crippen LogP contribution in [0.5, 0.6) is 5.75 Å². The first kappa shape index (κ1) is 21.0. The highest BCUT2D eigenvalue weighted by molar-refractivity contribution is 7.89. The molecule has 2 aromatic carbocycles. The quantitative estimate of drug-likeness (QED) is 0.386. The summed E-state index contributed by atoms with van der Waals surface area (Å²) in [5.74, 6) is -0.359.